The summed E-state index contributed by atoms with van der Waals surface area (Å²) in [5.41, 5.74) is 0.417. The number of rotatable bonds is 5. The summed E-state index contributed by atoms with van der Waals surface area (Å²) in [5.74, 6) is -0.326. The largest absolute Gasteiger partial charge is 0.550 e. The third-order valence-electron chi connectivity index (χ3n) is 2.12. The summed E-state index contributed by atoms with van der Waals surface area (Å²) in [6, 6.07) is 4.74. The number of ether oxygens (including phenoxy) is 2. The Balaban J connectivity index is 2.97. The maximum absolute atomic E-state index is 10.4. The Morgan fingerprint density at radius 3 is 2.19 bits per heavy atom. The van der Waals surface area contributed by atoms with Crippen molar-refractivity contribution in [1.82, 2.24) is 0 Å². The van der Waals surface area contributed by atoms with Crippen molar-refractivity contribution in [2.24, 2.45) is 0 Å². The third kappa shape index (κ3) is 3.13. The topological polar surface area (TPSA) is 78.8 Å². The lowest BCUT2D eigenvalue weighted by atomic mass is 10.1. The molecule has 0 aliphatic carbocycles. The van der Waals surface area contributed by atoms with E-state index in [0.29, 0.717) is 17.1 Å². The molecule has 1 rings (SSSR count). The molecule has 0 amide bonds. The highest BCUT2D eigenvalue weighted by Crippen LogP contribution is 2.27. The van der Waals surface area contributed by atoms with Crippen LogP contribution in [0.1, 0.15) is 18.1 Å². The molecule has 0 spiro atoms. The molecule has 5 nitrogen and oxygen atoms in total. The Kier molecular flexibility index (Phi) is 4.13. The molecule has 0 bridgehead atoms. The number of methoxy groups -OCH3 is 2. The number of hydrogen-bond donors (Lipinski definition) is 1. The van der Waals surface area contributed by atoms with Crippen molar-refractivity contribution in [3.05, 3.63) is 23.8 Å². The highest BCUT2D eigenvalue weighted by atomic mass is 16.5. The van der Waals surface area contributed by atoms with Crippen LogP contribution < -0.4 is 14.6 Å². The number of carboxylic acids is 1. The Morgan fingerprint density at radius 2 is 1.81 bits per heavy atom. The lowest BCUT2D eigenvalue weighted by molar-refractivity contribution is -0.307. The van der Waals surface area contributed by atoms with Gasteiger partial charge in [0.05, 0.1) is 20.3 Å². The SMILES string of the molecule is COc1cc(OC)cc(C(O)CC(=O)[O-])c1. The van der Waals surface area contributed by atoms with Gasteiger partial charge < -0.3 is 24.5 Å². The van der Waals surface area contributed by atoms with Gasteiger partial charge in [0.1, 0.15) is 11.5 Å². The molecule has 1 aromatic rings. The lowest BCUT2D eigenvalue weighted by Crippen LogP contribution is -2.24. The van der Waals surface area contributed by atoms with Crippen LogP contribution in [-0.2, 0) is 4.79 Å². The molecule has 0 aliphatic heterocycles. The fourth-order valence-electron chi connectivity index (χ4n) is 1.30. The van der Waals surface area contributed by atoms with E-state index in [0.717, 1.165) is 0 Å². The van der Waals surface area contributed by atoms with Crippen molar-refractivity contribution < 1.29 is 24.5 Å². The Hall–Kier alpha value is -1.75. The van der Waals surface area contributed by atoms with E-state index in [1.807, 2.05) is 0 Å². The van der Waals surface area contributed by atoms with Gasteiger partial charge in [0, 0.05) is 18.5 Å². The van der Waals surface area contributed by atoms with E-state index in [2.05, 4.69) is 0 Å². The zero-order valence-electron chi connectivity index (χ0n) is 9.10. The molecule has 1 aromatic carbocycles. The molecule has 0 aliphatic rings. The first-order valence-corrected chi connectivity index (χ1v) is 4.67. The monoisotopic (exact) mass is 225 g/mol. The van der Waals surface area contributed by atoms with Gasteiger partial charge in [-0.1, -0.05) is 0 Å². The molecule has 1 N–H and O–H groups in total. The van der Waals surface area contributed by atoms with Gasteiger partial charge in [-0.05, 0) is 17.7 Å². The van der Waals surface area contributed by atoms with Gasteiger partial charge in [0.15, 0.2) is 0 Å². The molecule has 0 heterocycles. The second kappa shape index (κ2) is 5.37. The van der Waals surface area contributed by atoms with Gasteiger partial charge >= 0.3 is 0 Å². The summed E-state index contributed by atoms with van der Waals surface area (Å²) in [4.78, 5) is 10.4. The van der Waals surface area contributed by atoms with Gasteiger partial charge in [-0.2, -0.15) is 0 Å². The Morgan fingerprint density at radius 1 is 1.31 bits per heavy atom. The van der Waals surface area contributed by atoms with Crippen LogP contribution >= 0.6 is 0 Å². The highest BCUT2D eigenvalue weighted by Gasteiger charge is 2.11. The number of benzene rings is 1. The third-order valence-corrected chi connectivity index (χ3v) is 2.12. The summed E-state index contributed by atoms with van der Waals surface area (Å²) in [5, 5.41) is 20.0. The maximum Gasteiger partial charge on any atom is 0.122 e. The first kappa shape index (κ1) is 12.3. The summed E-state index contributed by atoms with van der Waals surface area (Å²) >= 11 is 0. The smallest absolute Gasteiger partial charge is 0.122 e. The average Bonchev–Trinajstić information content (AvgIpc) is 2.27. The van der Waals surface area contributed by atoms with E-state index >= 15 is 0 Å². The molecular weight excluding hydrogens is 212 g/mol. The lowest BCUT2D eigenvalue weighted by Gasteiger charge is -2.14. The number of hydrogen-bond acceptors (Lipinski definition) is 5. The van der Waals surface area contributed by atoms with E-state index in [1.165, 1.54) is 14.2 Å². The van der Waals surface area contributed by atoms with Crippen molar-refractivity contribution in [1.29, 1.82) is 0 Å². The molecule has 1 atom stereocenters. The summed E-state index contributed by atoms with van der Waals surface area (Å²) in [6.07, 6.45) is -1.59. The highest BCUT2D eigenvalue weighted by molar-refractivity contribution is 5.65. The van der Waals surface area contributed by atoms with Gasteiger partial charge in [-0.25, -0.2) is 0 Å². The number of aliphatic hydroxyl groups excluding tert-OH is 1. The Labute approximate surface area is 93.2 Å². The van der Waals surface area contributed by atoms with Crippen molar-refractivity contribution in [3.63, 3.8) is 0 Å². The summed E-state index contributed by atoms with van der Waals surface area (Å²) in [7, 11) is 2.95. The van der Waals surface area contributed by atoms with Crippen LogP contribution in [0.4, 0.5) is 0 Å². The van der Waals surface area contributed by atoms with Crippen LogP contribution in [0.25, 0.3) is 0 Å². The Bertz CT molecular complexity index is 352. The van der Waals surface area contributed by atoms with Gasteiger partial charge in [0.25, 0.3) is 0 Å². The van der Waals surface area contributed by atoms with Crippen molar-refractivity contribution in [3.8, 4) is 11.5 Å². The second-order valence-electron chi connectivity index (χ2n) is 3.24. The number of carbonyl (C=O) groups excluding carboxylic acids is 1. The fourth-order valence-corrected chi connectivity index (χ4v) is 1.30. The number of carbonyl (C=O) groups is 1. The van der Waals surface area contributed by atoms with E-state index in [4.69, 9.17) is 9.47 Å². The van der Waals surface area contributed by atoms with E-state index in [-0.39, 0.29) is 0 Å². The maximum atomic E-state index is 10.4. The minimum absolute atomic E-state index is 0.417. The number of carboxylic acid groups (broad SMARTS) is 1. The molecule has 5 heteroatoms. The van der Waals surface area contributed by atoms with Gasteiger partial charge in [-0.3, -0.25) is 0 Å². The first-order valence-electron chi connectivity index (χ1n) is 4.67. The molecule has 0 aromatic heterocycles. The van der Waals surface area contributed by atoms with Crippen LogP contribution in [0.2, 0.25) is 0 Å². The minimum atomic E-state index is -1.31. The quantitative estimate of drug-likeness (QED) is 0.755. The van der Waals surface area contributed by atoms with Crippen LogP contribution in [-0.4, -0.2) is 25.3 Å². The first-order chi connectivity index (χ1) is 7.56. The van der Waals surface area contributed by atoms with E-state index < -0.39 is 18.5 Å². The van der Waals surface area contributed by atoms with Crippen LogP contribution in [0.5, 0.6) is 11.5 Å². The molecule has 0 saturated carbocycles. The second-order valence-corrected chi connectivity index (χ2v) is 3.24. The van der Waals surface area contributed by atoms with Crippen molar-refractivity contribution >= 4 is 5.97 Å². The molecule has 16 heavy (non-hydrogen) atoms. The predicted octanol–water partition coefficient (Wildman–Crippen LogP) is -0.123. The molecule has 88 valence electrons. The van der Waals surface area contributed by atoms with E-state index in [1.54, 1.807) is 18.2 Å². The molecule has 0 saturated heterocycles. The van der Waals surface area contributed by atoms with Gasteiger partial charge in [-0.15, -0.1) is 0 Å². The normalized spacial score (nSPS) is 11.9. The van der Waals surface area contributed by atoms with E-state index in [9.17, 15) is 15.0 Å². The van der Waals surface area contributed by atoms with Crippen LogP contribution in [0.3, 0.4) is 0 Å². The van der Waals surface area contributed by atoms with Crippen LogP contribution in [0, 0.1) is 0 Å². The minimum Gasteiger partial charge on any atom is -0.550 e. The van der Waals surface area contributed by atoms with Crippen molar-refractivity contribution in [2.45, 2.75) is 12.5 Å². The number of aliphatic hydroxyl groups is 1. The number of aliphatic carboxylic acids is 1. The zero-order chi connectivity index (χ0) is 12.1. The molecular formula is C11H13O5-. The molecule has 1 unspecified atom stereocenters. The fraction of sp³-hybridized carbons (Fsp3) is 0.364. The molecule has 0 fully saturated rings. The summed E-state index contributed by atoms with van der Waals surface area (Å²) < 4.78 is 10.00. The van der Waals surface area contributed by atoms with Crippen molar-refractivity contribution in [2.75, 3.05) is 14.2 Å². The summed E-state index contributed by atoms with van der Waals surface area (Å²) in [6.45, 7) is 0. The molecule has 0 radical (unpaired) electrons. The van der Waals surface area contributed by atoms with Gasteiger partial charge in [0.2, 0.25) is 0 Å². The average molecular weight is 225 g/mol. The zero-order valence-corrected chi connectivity index (χ0v) is 9.10. The predicted molar refractivity (Wildman–Crippen MR) is 54.1 cm³/mol. The van der Waals surface area contributed by atoms with Crippen LogP contribution in [0.15, 0.2) is 18.2 Å². The standard InChI is InChI=1S/C11H14O5/c1-15-8-3-7(4-9(5-8)16-2)10(12)6-11(13)14/h3-5,10,12H,6H2,1-2H3,(H,13,14)/p-1.